The first-order chi connectivity index (χ1) is 13.0. The molecule has 2 unspecified atom stereocenters. The number of rotatable bonds is 10. The molecule has 1 saturated carbocycles. The van der Waals surface area contributed by atoms with Crippen molar-refractivity contribution in [3.63, 3.8) is 0 Å². The zero-order valence-corrected chi connectivity index (χ0v) is 18.6. The summed E-state index contributed by atoms with van der Waals surface area (Å²) < 4.78 is 0. The summed E-state index contributed by atoms with van der Waals surface area (Å²) in [5.41, 5.74) is 0. The normalized spacial score (nSPS) is 18.8. The van der Waals surface area contributed by atoms with Gasteiger partial charge in [-0.3, -0.25) is 19.4 Å². The number of amides is 2. The average molecular weight is 453 g/mol. The van der Waals surface area contributed by atoms with Crippen LogP contribution in [0.25, 0.3) is 0 Å². The van der Waals surface area contributed by atoms with Crippen LogP contribution in [0, 0.1) is 0 Å². The third kappa shape index (κ3) is 9.12. The van der Waals surface area contributed by atoms with Gasteiger partial charge in [0.2, 0.25) is 11.8 Å². The molecule has 2 atom stereocenters. The SMILES string of the molecule is CN(C)C(=O)CN(CC(=O)[O-])C1CCCCC1N(CC(=O)[O-])CC(=O)N(C)C.[Mn+2]. The van der Waals surface area contributed by atoms with E-state index in [-0.39, 0.29) is 54.1 Å². The van der Waals surface area contributed by atoms with Gasteiger partial charge >= 0.3 is 17.1 Å². The number of likely N-dealkylation sites (N-methyl/N-ethyl adjacent to an activating group) is 2. The fraction of sp³-hybridized carbons (Fsp3) is 0.778. The second-order valence-corrected chi connectivity index (χ2v) is 7.55. The summed E-state index contributed by atoms with van der Waals surface area (Å²) in [6, 6.07) is -0.769. The van der Waals surface area contributed by atoms with Crippen LogP contribution in [0.1, 0.15) is 25.7 Å². The second-order valence-electron chi connectivity index (χ2n) is 7.55. The monoisotopic (exact) mass is 453 g/mol. The molecule has 0 aromatic carbocycles. The maximum absolute atomic E-state index is 12.2. The minimum absolute atomic E-state index is 0. The van der Waals surface area contributed by atoms with Crippen LogP contribution in [0.4, 0.5) is 0 Å². The van der Waals surface area contributed by atoms with Gasteiger partial charge in [0, 0.05) is 53.4 Å². The van der Waals surface area contributed by atoms with E-state index in [1.807, 2.05) is 0 Å². The third-order valence-corrected chi connectivity index (χ3v) is 4.97. The van der Waals surface area contributed by atoms with Crippen LogP contribution in [0.15, 0.2) is 0 Å². The molecular formula is C18H30MnN4O6. The fourth-order valence-corrected chi connectivity index (χ4v) is 3.49. The van der Waals surface area contributed by atoms with E-state index < -0.39 is 25.0 Å². The van der Waals surface area contributed by atoms with Gasteiger partial charge in [-0.1, -0.05) is 12.8 Å². The van der Waals surface area contributed by atoms with Gasteiger partial charge in [0.05, 0.1) is 25.0 Å². The first-order valence-corrected chi connectivity index (χ1v) is 9.31. The van der Waals surface area contributed by atoms with Crippen LogP contribution in [0.2, 0.25) is 0 Å². The van der Waals surface area contributed by atoms with E-state index in [1.54, 1.807) is 28.2 Å². The van der Waals surface area contributed by atoms with Crippen LogP contribution in [0.3, 0.4) is 0 Å². The first kappa shape index (κ1) is 27.3. The fourth-order valence-electron chi connectivity index (χ4n) is 3.49. The van der Waals surface area contributed by atoms with Crippen molar-refractivity contribution in [3.05, 3.63) is 0 Å². The number of hydrogen-bond acceptors (Lipinski definition) is 8. The number of aliphatic carboxylic acids is 2. The molecule has 0 aliphatic heterocycles. The summed E-state index contributed by atoms with van der Waals surface area (Å²) in [6.45, 7) is -1.13. The van der Waals surface area contributed by atoms with E-state index in [0.717, 1.165) is 12.8 Å². The predicted octanol–water partition coefficient (Wildman–Crippen LogP) is -3.42. The molecule has 0 aromatic rings. The van der Waals surface area contributed by atoms with Crippen molar-refractivity contribution in [2.45, 2.75) is 37.8 Å². The molecule has 10 nitrogen and oxygen atoms in total. The van der Waals surface area contributed by atoms with E-state index in [1.165, 1.54) is 19.6 Å². The zero-order valence-electron chi connectivity index (χ0n) is 17.4. The number of carbonyl (C=O) groups excluding carboxylic acids is 4. The van der Waals surface area contributed by atoms with Gasteiger partial charge in [-0.15, -0.1) is 0 Å². The van der Waals surface area contributed by atoms with E-state index in [4.69, 9.17) is 0 Å². The summed E-state index contributed by atoms with van der Waals surface area (Å²) in [5, 5.41) is 22.5. The first-order valence-electron chi connectivity index (χ1n) is 9.31. The molecule has 165 valence electrons. The second kappa shape index (κ2) is 12.8. The van der Waals surface area contributed by atoms with Gasteiger partial charge in [-0.25, -0.2) is 0 Å². The summed E-state index contributed by atoms with van der Waals surface area (Å²) in [5.74, 6) is -3.15. The third-order valence-electron chi connectivity index (χ3n) is 4.97. The van der Waals surface area contributed by atoms with Gasteiger partial charge in [-0.05, 0) is 12.8 Å². The predicted molar refractivity (Wildman–Crippen MR) is 96.6 cm³/mol. The molecule has 0 bridgehead atoms. The number of carbonyl (C=O) groups is 4. The number of carboxylic acid groups (broad SMARTS) is 2. The van der Waals surface area contributed by atoms with E-state index in [0.29, 0.717) is 12.8 Å². The van der Waals surface area contributed by atoms with Gasteiger partial charge in [0.15, 0.2) is 0 Å². The summed E-state index contributed by atoms with van der Waals surface area (Å²) in [4.78, 5) is 52.7. The Morgan fingerprint density at radius 2 is 1.00 bits per heavy atom. The maximum Gasteiger partial charge on any atom is 2.00 e. The molecule has 1 fully saturated rings. The minimum Gasteiger partial charge on any atom is -0.549 e. The van der Waals surface area contributed by atoms with Crippen molar-refractivity contribution in [1.82, 2.24) is 19.6 Å². The summed E-state index contributed by atoms with van der Waals surface area (Å²) in [6.07, 6.45) is 2.83. The Morgan fingerprint density at radius 3 is 1.24 bits per heavy atom. The van der Waals surface area contributed by atoms with E-state index in [2.05, 4.69) is 0 Å². The van der Waals surface area contributed by atoms with Crippen molar-refractivity contribution < 1.29 is 46.5 Å². The van der Waals surface area contributed by atoms with Crippen LogP contribution in [-0.2, 0) is 36.2 Å². The van der Waals surface area contributed by atoms with Crippen molar-refractivity contribution in [2.24, 2.45) is 0 Å². The largest absolute Gasteiger partial charge is 2.00 e. The van der Waals surface area contributed by atoms with Crippen LogP contribution in [-0.4, -0.2) is 110 Å². The molecule has 2 amide bonds. The Kier molecular flexibility index (Phi) is 12.0. The minimum atomic E-state index is -1.31. The molecule has 0 N–H and O–H groups in total. The Hall–Kier alpha value is -1.68. The van der Waals surface area contributed by atoms with E-state index in [9.17, 15) is 29.4 Å². The molecule has 1 aliphatic rings. The van der Waals surface area contributed by atoms with Crippen LogP contribution >= 0.6 is 0 Å². The van der Waals surface area contributed by atoms with Gasteiger partial charge in [0.1, 0.15) is 0 Å². The van der Waals surface area contributed by atoms with Crippen LogP contribution in [0.5, 0.6) is 0 Å². The molecule has 11 heteroatoms. The van der Waals surface area contributed by atoms with Gasteiger partial charge in [0.25, 0.3) is 0 Å². The Labute approximate surface area is 182 Å². The van der Waals surface area contributed by atoms with Gasteiger partial charge in [-0.2, -0.15) is 0 Å². The molecule has 0 heterocycles. The molecule has 0 saturated heterocycles. The van der Waals surface area contributed by atoms with Crippen molar-refractivity contribution in [2.75, 3.05) is 54.4 Å². The molecule has 0 spiro atoms. The molecule has 0 aromatic heterocycles. The Balaban J connectivity index is 0.00000784. The molecule has 29 heavy (non-hydrogen) atoms. The molecule has 1 rings (SSSR count). The standard InChI is InChI=1S/C18H32N4O6.Mn/c1-19(2)15(23)9-21(11-17(25)26)13-7-5-6-8-14(13)22(12-18(27)28)10-16(24)20(3)4;/h13-14H,5-12H2,1-4H3,(H,25,26)(H,27,28);/q;+2/p-2. The smallest absolute Gasteiger partial charge is 0.549 e. The number of nitrogens with zero attached hydrogens (tertiary/aromatic N) is 4. The van der Waals surface area contributed by atoms with Crippen molar-refractivity contribution >= 4 is 23.8 Å². The number of hydrogen-bond donors (Lipinski definition) is 0. The molecule has 1 radical (unpaired) electrons. The van der Waals surface area contributed by atoms with Crippen molar-refractivity contribution in [3.8, 4) is 0 Å². The topological polar surface area (TPSA) is 127 Å². The van der Waals surface area contributed by atoms with Crippen LogP contribution < -0.4 is 10.2 Å². The Morgan fingerprint density at radius 1 is 0.690 bits per heavy atom. The molecule has 1 aliphatic carbocycles. The number of carboxylic acids is 2. The van der Waals surface area contributed by atoms with E-state index >= 15 is 0 Å². The van der Waals surface area contributed by atoms with Gasteiger partial charge < -0.3 is 29.6 Å². The zero-order chi connectivity index (χ0) is 21.4. The summed E-state index contributed by atoms with van der Waals surface area (Å²) >= 11 is 0. The quantitative estimate of drug-likeness (QED) is 0.313. The van der Waals surface area contributed by atoms with Crippen molar-refractivity contribution in [1.29, 1.82) is 0 Å². The average Bonchev–Trinajstić information content (AvgIpc) is 2.59. The maximum atomic E-state index is 12.2. The molecular weight excluding hydrogens is 423 g/mol. The Bertz CT molecular complexity index is 537. The summed E-state index contributed by atoms with van der Waals surface area (Å²) in [7, 11) is 6.32.